The van der Waals surface area contributed by atoms with Crippen molar-refractivity contribution in [1.82, 2.24) is 5.32 Å². The van der Waals surface area contributed by atoms with Crippen LogP contribution < -0.4 is 14.8 Å². The average Bonchev–Trinajstić information content (AvgIpc) is 2.35. The molecule has 0 spiro atoms. The van der Waals surface area contributed by atoms with Gasteiger partial charge in [0.2, 0.25) is 0 Å². The van der Waals surface area contributed by atoms with Crippen LogP contribution in [0.25, 0.3) is 0 Å². The molecule has 1 aromatic rings. The Balaban J connectivity index is 2.79. The van der Waals surface area contributed by atoms with E-state index >= 15 is 0 Å². The Labute approximate surface area is 116 Å². The van der Waals surface area contributed by atoms with Crippen molar-refractivity contribution in [3.05, 3.63) is 36.4 Å². The van der Waals surface area contributed by atoms with Gasteiger partial charge < -0.3 is 14.8 Å². The van der Waals surface area contributed by atoms with Crippen molar-refractivity contribution in [1.29, 1.82) is 0 Å². The van der Waals surface area contributed by atoms with E-state index in [0.717, 1.165) is 18.0 Å². The van der Waals surface area contributed by atoms with Crippen molar-refractivity contribution in [3.63, 3.8) is 0 Å². The molecule has 0 saturated heterocycles. The minimum atomic E-state index is 0.101. The lowest BCUT2D eigenvalue weighted by molar-refractivity contribution is 0.296. The number of ether oxygens (including phenoxy) is 2. The summed E-state index contributed by atoms with van der Waals surface area (Å²) >= 11 is 0. The summed E-state index contributed by atoms with van der Waals surface area (Å²) in [7, 11) is 0. The van der Waals surface area contributed by atoms with Gasteiger partial charge in [0, 0.05) is 12.1 Å². The van der Waals surface area contributed by atoms with Gasteiger partial charge in [0.15, 0.2) is 11.5 Å². The lowest BCUT2D eigenvalue weighted by atomic mass is 10.1. The zero-order valence-electron chi connectivity index (χ0n) is 12.5. The van der Waals surface area contributed by atoms with E-state index in [-0.39, 0.29) is 5.54 Å². The van der Waals surface area contributed by atoms with Gasteiger partial charge in [0.05, 0.1) is 6.61 Å². The summed E-state index contributed by atoms with van der Waals surface area (Å²) in [5.41, 5.74) is 1.29. The molecule has 0 fully saturated rings. The van der Waals surface area contributed by atoms with Gasteiger partial charge in [-0.2, -0.15) is 0 Å². The summed E-state index contributed by atoms with van der Waals surface area (Å²) in [6.07, 6.45) is 1.73. The normalized spacial score (nSPS) is 11.2. The largest absolute Gasteiger partial charge is 0.490 e. The summed E-state index contributed by atoms with van der Waals surface area (Å²) in [6, 6.07) is 6.04. The Morgan fingerprint density at radius 2 is 1.95 bits per heavy atom. The molecule has 106 valence electrons. The summed E-state index contributed by atoms with van der Waals surface area (Å²) in [5, 5.41) is 3.46. The molecule has 19 heavy (non-hydrogen) atoms. The van der Waals surface area contributed by atoms with Crippen LogP contribution in [-0.2, 0) is 6.54 Å². The van der Waals surface area contributed by atoms with Gasteiger partial charge in [0.25, 0.3) is 0 Å². The van der Waals surface area contributed by atoms with Crippen LogP contribution in [0.5, 0.6) is 11.5 Å². The first-order valence-corrected chi connectivity index (χ1v) is 6.70. The molecule has 0 aliphatic rings. The van der Waals surface area contributed by atoms with E-state index in [9.17, 15) is 0 Å². The van der Waals surface area contributed by atoms with Gasteiger partial charge in [-0.25, -0.2) is 0 Å². The predicted octanol–water partition coefficient (Wildman–Crippen LogP) is 3.54. The van der Waals surface area contributed by atoms with Gasteiger partial charge >= 0.3 is 0 Å². The minimum Gasteiger partial charge on any atom is -0.490 e. The Hall–Kier alpha value is -1.48. The number of hydrogen-bond donors (Lipinski definition) is 1. The topological polar surface area (TPSA) is 30.5 Å². The van der Waals surface area contributed by atoms with Crippen LogP contribution >= 0.6 is 0 Å². The maximum atomic E-state index is 5.62. The second-order valence-corrected chi connectivity index (χ2v) is 5.42. The summed E-state index contributed by atoms with van der Waals surface area (Å²) < 4.78 is 11.2. The Morgan fingerprint density at radius 3 is 2.53 bits per heavy atom. The van der Waals surface area contributed by atoms with E-state index in [4.69, 9.17) is 9.47 Å². The zero-order chi connectivity index (χ0) is 14.3. The maximum Gasteiger partial charge on any atom is 0.161 e. The van der Waals surface area contributed by atoms with E-state index in [1.165, 1.54) is 5.56 Å². The second kappa shape index (κ2) is 7.19. The molecule has 0 heterocycles. The van der Waals surface area contributed by atoms with E-state index < -0.39 is 0 Å². The fraction of sp³-hybridized carbons (Fsp3) is 0.500. The van der Waals surface area contributed by atoms with Crippen LogP contribution in [0.3, 0.4) is 0 Å². The standard InChI is InChI=1S/C16H25NO2/c1-6-10-19-14-9-8-13(11-15(14)18-7-2)12-17-16(3,4)5/h6,8-9,11,17H,1,7,10,12H2,2-5H3. The highest BCUT2D eigenvalue weighted by atomic mass is 16.5. The van der Waals surface area contributed by atoms with Gasteiger partial charge in [-0.1, -0.05) is 18.7 Å². The lowest BCUT2D eigenvalue weighted by Gasteiger charge is -2.21. The molecule has 0 unspecified atom stereocenters. The average molecular weight is 263 g/mol. The molecule has 0 aliphatic heterocycles. The first kappa shape index (κ1) is 15.6. The van der Waals surface area contributed by atoms with E-state index in [2.05, 4.69) is 38.7 Å². The predicted molar refractivity (Wildman–Crippen MR) is 79.9 cm³/mol. The molecule has 0 bridgehead atoms. The Morgan fingerprint density at radius 1 is 1.21 bits per heavy atom. The van der Waals surface area contributed by atoms with Crippen molar-refractivity contribution in [2.45, 2.75) is 39.8 Å². The third kappa shape index (κ3) is 5.79. The monoisotopic (exact) mass is 263 g/mol. The van der Waals surface area contributed by atoms with E-state index in [0.29, 0.717) is 13.2 Å². The SMILES string of the molecule is C=CCOc1ccc(CNC(C)(C)C)cc1OCC. The van der Waals surface area contributed by atoms with Crippen molar-refractivity contribution < 1.29 is 9.47 Å². The molecule has 1 aromatic carbocycles. The molecule has 3 heteroatoms. The van der Waals surface area contributed by atoms with Gasteiger partial charge in [-0.05, 0) is 45.4 Å². The molecule has 0 radical (unpaired) electrons. The third-order valence-electron chi connectivity index (χ3n) is 2.49. The lowest BCUT2D eigenvalue weighted by Crippen LogP contribution is -2.35. The minimum absolute atomic E-state index is 0.101. The van der Waals surface area contributed by atoms with Gasteiger partial charge in [-0.3, -0.25) is 0 Å². The summed E-state index contributed by atoms with van der Waals surface area (Å²) in [4.78, 5) is 0. The molecule has 1 rings (SSSR count). The van der Waals surface area contributed by atoms with Crippen LogP contribution in [0.4, 0.5) is 0 Å². The first-order valence-electron chi connectivity index (χ1n) is 6.70. The van der Waals surface area contributed by atoms with Crippen LogP contribution in [-0.4, -0.2) is 18.8 Å². The van der Waals surface area contributed by atoms with Crippen LogP contribution in [0.15, 0.2) is 30.9 Å². The van der Waals surface area contributed by atoms with Crippen molar-refractivity contribution in [2.75, 3.05) is 13.2 Å². The Kier molecular flexibility index (Phi) is 5.90. The molecule has 3 nitrogen and oxygen atoms in total. The van der Waals surface area contributed by atoms with Crippen LogP contribution in [0.1, 0.15) is 33.3 Å². The fourth-order valence-electron chi connectivity index (χ4n) is 1.57. The molecular weight excluding hydrogens is 238 g/mol. The summed E-state index contributed by atoms with van der Waals surface area (Å²) in [5.74, 6) is 1.55. The number of rotatable bonds is 7. The number of benzene rings is 1. The maximum absolute atomic E-state index is 5.62. The van der Waals surface area contributed by atoms with E-state index in [1.54, 1.807) is 6.08 Å². The van der Waals surface area contributed by atoms with Crippen molar-refractivity contribution in [3.8, 4) is 11.5 Å². The van der Waals surface area contributed by atoms with Gasteiger partial charge in [0.1, 0.15) is 6.61 Å². The highest BCUT2D eigenvalue weighted by Crippen LogP contribution is 2.28. The van der Waals surface area contributed by atoms with Gasteiger partial charge in [-0.15, -0.1) is 0 Å². The molecule has 0 saturated carbocycles. The second-order valence-electron chi connectivity index (χ2n) is 5.42. The zero-order valence-corrected chi connectivity index (χ0v) is 12.5. The van der Waals surface area contributed by atoms with Crippen molar-refractivity contribution >= 4 is 0 Å². The third-order valence-corrected chi connectivity index (χ3v) is 2.49. The van der Waals surface area contributed by atoms with Crippen LogP contribution in [0, 0.1) is 0 Å². The Bertz CT molecular complexity index is 408. The highest BCUT2D eigenvalue weighted by molar-refractivity contribution is 5.43. The highest BCUT2D eigenvalue weighted by Gasteiger charge is 2.10. The van der Waals surface area contributed by atoms with E-state index in [1.807, 2.05) is 19.1 Å². The summed E-state index contributed by atoms with van der Waals surface area (Å²) in [6.45, 7) is 14.0. The van der Waals surface area contributed by atoms with Crippen molar-refractivity contribution in [2.24, 2.45) is 0 Å². The molecular formula is C16H25NO2. The molecule has 0 atom stereocenters. The molecule has 0 aliphatic carbocycles. The quantitative estimate of drug-likeness (QED) is 0.763. The van der Waals surface area contributed by atoms with Crippen LogP contribution in [0.2, 0.25) is 0 Å². The number of hydrogen-bond acceptors (Lipinski definition) is 3. The smallest absolute Gasteiger partial charge is 0.161 e. The molecule has 0 amide bonds. The number of nitrogens with one attached hydrogen (secondary N) is 1. The molecule has 0 aromatic heterocycles. The first-order chi connectivity index (χ1) is 8.96. The molecule has 1 N–H and O–H groups in total. The fourth-order valence-corrected chi connectivity index (χ4v) is 1.57.